The Labute approximate surface area is 236 Å². The zero-order valence-electron chi connectivity index (χ0n) is 22.7. The van der Waals surface area contributed by atoms with Crippen molar-refractivity contribution in [1.82, 2.24) is 25.2 Å². The van der Waals surface area contributed by atoms with Crippen LogP contribution < -0.4 is 15.0 Å². The smallest absolute Gasteiger partial charge is 0.319 e. The van der Waals surface area contributed by atoms with E-state index in [1.807, 2.05) is 24.3 Å². The van der Waals surface area contributed by atoms with E-state index in [4.69, 9.17) is 9.72 Å². The van der Waals surface area contributed by atoms with E-state index < -0.39 is 12.0 Å². The third kappa shape index (κ3) is 4.18. The predicted octanol–water partition coefficient (Wildman–Crippen LogP) is 4.59. The van der Waals surface area contributed by atoms with Gasteiger partial charge in [-0.05, 0) is 55.1 Å². The van der Waals surface area contributed by atoms with E-state index >= 15 is 4.39 Å². The third-order valence-corrected chi connectivity index (χ3v) is 9.49. The van der Waals surface area contributed by atoms with Crippen LogP contribution in [0.5, 0.6) is 11.8 Å². The fourth-order valence-corrected chi connectivity index (χ4v) is 7.62. The van der Waals surface area contributed by atoms with Crippen molar-refractivity contribution < 1.29 is 18.6 Å². The molecule has 4 saturated heterocycles. The molecule has 8 rings (SSSR count). The average molecular weight is 559 g/mol. The lowest BCUT2D eigenvalue weighted by Crippen LogP contribution is -2.51. The number of alkyl halides is 1. The molecule has 0 saturated carbocycles. The maximum Gasteiger partial charge on any atom is 0.319 e. The Morgan fingerprint density at radius 3 is 2.76 bits per heavy atom. The summed E-state index contributed by atoms with van der Waals surface area (Å²) in [6, 6.07) is 11.5. The molecule has 2 unspecified atom stereocenters. The van der Waals surface area contributed by atoms with Crippen LogP contribution in [0.1, 0.15) is 32.1 Å². The summed E-state index contributed by atoms with van der Waals surface area (Å²) in [6.45, 7) is 3.06. The summed E-state index contributed by atoms with van der Waals surface area (Å²) in [6.07, 6.45) is 5.26. The number of phenols is 1. The Balaban J connectivity index is 1.24. The van der Waals surface area contributed by atoms with Crippen LogP contribution in [0.4, 0.5) is 14.6 Å². The summed E-state index contributed by atoms with van der Waals surface area (Å²) in [5.41, 5.74) is 0.360. The quantitative estimate of drug-likeness (QED) is 0.368. The number of aromatic hydroxyl groups is 1. The van der Waals surface area contributed by atoms with Gasteiger partial charge in [-0.25, -0.2) is 8.78 Å². The van der Waals surface area contributed by atoms with Crippen molar-refractivity contribution in [3.8, 4) is 23.0 Å². The first-order valence-electron chi connectivity index (χ1n) is 14.6. The number of fused-ring (bicyclic) bond motifs is 5. The van der Waals surface area contributed by atoms with E-state index in [9.17, 15) is 9.50 Å². The molecule has 10 heteroatoms. The molecule has 4 fully saturated rings. The number of piperazine rings is 1. The molecule has 0 aliphatic carbocycles. The number of hydrogen-bond acceptors (Lipinski definition) is 8. The summed E-state index contributed by atoms with van der Waals surface area (Å²) in [5.74, 6) is 0.0553. The van der Waals surface area contributed by atoms with E-state index in [1.54, 1.807) is 12.3 Å². The van der Waals surface area contributed by atoms with Gasteiger partial charge in [0, 0.05) is 49.9 Å². The van der Waals surface area contributed by atoms with E-state index in [-0.39, 0.29) is 35.1 Å². The van der Waals surface area contributed by atoms with Gasteiger partial charge in [0.2, 0.25) is 0 Å². The summed E-state index contributed by atoms with van der Waals surface area (Å²) in [4.78, 5) is 18.4. The first-order chi connectivity index (χ1) is 20.0. The van der Waals surface area contributed by atoms with E-state index in [2.05, 4.69) is 25.1 Å². The van der Waals surface area contributed by atoms with Crippen molar-refractivity contribution in [2.24, 2.45) is 0 Å². The molecule has 4 aliphatic rings. The minimum atomic E-state index is -0.869. The highest BCUT2D eigenvalue weighted by Crippen LogP contribution is 2.41. The highest BCUT2D eigenvalue weighted by atomic mass is 19.1. The van der Waals surface area contributed by atoms with Crippen LogP contribution >= 0.6 is 0 Å². The maximum absolute atomic E-state index is 16.5. The van der Waals surface area contributed by atoms with Crippen molar-refractivity contribution in [3.63, 3.8) is 0 Å². The van der Waals surface area contributed by atoms with Crippen molar-refractivity contribution in [2.75, 3.05) is 37.7 Å². The lowest BCUT2D eigenvalue weighted by molar-refractivity contribution is 0.107. The zero-order chi connectivity index (χ0) is 27.7. The second-order valence-corrected chi connectivity index (χ2v) is 12.1. The zero-order valence-corrected chi connectivity index (χ0v) is 22.7. The predicted molar refractivity (Wildman–Crippen MR) is 153 cm³/mol. The van der Waals surface area contributed by atoms with Crippen molar-refractivity contribution in [2.45, 2.75) is 55.9 Å². The topological polar surface area (TPSA) is 86.6 Å². The number of anilines is 1. The van der Waals surface area contributed by atoms with Crippen LogP contribution in [0.25, 0.3) is 32.9 Å². The molecule has 2 aromatic carbocycles. The molecule has 2 N–H and O–H groups in total. The first kappa shape index (κ1) is 25.1. The van der Waals surface area contributed by atoms with Gasteiger partial charge in [-0.3, -0.25) is 9.88 Å². The van der Waals surface area contributed by atoms with Gasteiger partial charge in [-0.1, -0.05) is 24.3 Å². The molecule has 4 atom stereocenters. The molecule has 8 nitrogen and oxygen atoms in total. The number of nitrogens with zero attached hydrogens (tertiary/aromatic N) is 5. The van der Waals surface area contributed by atoms with Crippen molar-refractivity contribution in [3.05, 3.63) is 48.4 Å². The molecule has 0 radical (unpaired) electrons. The minimum absolute atomic E-state index is 0.0341. The molecule has 2 bridgehead atoms. The number of benzene rings is 2. The molecule has 4 aliphatic heterocycles. The van der Waals surface area contributed by atoms with E-state index in [1.165, 1.54) is 6.07 Å². The van der Waals surface area contributed by atoms with Gasteiger partial charge in [0.25, 0.3) is 0 Å². The van der Waals surface area contributed by atoms with Crippen LogP contribution in [-0.2, 0) is 0 Å². The van der Waals surface area contributed by atoms with Gasteiger partial charge >= 0.3 is 6.01 Å². The second-order valence-electron chi connectivity index (χ2n) is 12.1. The number of hydrogen-bond donors (Lipinski definition) is 2. The van der Waals surface area contributed by atoms with Crippen LogP contribution in [0.15, 0.2) is 42.6 Å². The summed E-state index contributed by atoms with van der Waals surface area (Å²) < 4.78 is 37.2. The number of pyridine rings is 1. The minimum Gasteiger partial charge on any atom is -0.508 e. The number of nitrogens with one attached hydrogen (secondary N) is 1. The number of phenolic OH excluding ortho intramolecular Hbond substituents is 1. The summed E-state index contributed by atoms with van der Waals surface area (Å²) >= 11 is 0. The number of aromatic nitrogens is 3. The Morgan fingerprint density at radius 1 is 1.07 bits per heavy atom. The standard InChI is InChI=1S/C31H32F2N6O2/c32-19-12-31(8-3-9-39(31)14-19)17-41-30-36-28-25(29(37-30)38-15-20-6-7-21(16-38)35-20)13-34-27(26(28)33)24-11-22(40)10-18-4-1-2-5-23(18)24/h1-2,4-5,10-11,13,19-21,35,40H,3,6-9,12,14-17H2/t19-,20?,21?,31+/m1/s1. The SMILES string of the molecule is Oc1cc(-c2ncc3c(N4CC5CCC(C4)N5)nc(OC[C@@]45CCCN4C[C@H](F)C5)nc3c2F)c2ccccc2c1. The summed E-state index contributed by atoms with van der Waals surface area (Å²) in [7, 11) is 0. The average Bonchev–Trinajstić information content (AvgIpc) is 3.61. The van der Waals surface area contributed by atoms with Crippen LogP contribution in [0.2, 0.25) is 0 Å². The van der Waals surface area contributed by atoms with Gasteiger partial charge in [0.15, 0.2) is 5.82 Å². The molecule has 4 aromatic rings. The van der Waals surface area contributed by atoms with Gasteiger partial charge in [0.05, 0.1) is 10.9 Å². The largest absolute Gasteiger partial charge is 0.508 e. The van der Waals surface area contributed by atoms with E-state index in [0.717, 1.165) is 56.1 Å². The lowest BCUT2D eigenvalue weighted by atomic mass is 9.95. The van der Waals surface area contributed by atoms with Crippen LogP contribution in [-0.4, -0.2) is 81.5 Å². The van der Waals surface area contributed by atoms with Gasteiger partial charge < -0.3 is 20.1 Å². The van der Waals surface area contributed by atoms with Crippen LogP contribution in [0.3, 0.4) is 0 Å². The Hall–Kier alpha value is -3.63. The molecule has 0 spiro atoms. The number of halogens is 2. The van der Waals surface area contributed by atoms with Crippen molar-refractivity contribution in [1.29, 1.82) is 0 Å². The van der Waals surface area contributed by atoms with E-state index in [0.29, 0.717) is 41.8 Å². The van der Waals surface area contributed by atoms with Gasteiger partial charge in [-0.15, -0.1) is 0 Å². The fourth-order valence-electron chi connectivity index (χ4n) is 7.62. The fraction of sp³-hybridized carbons (Fsp3) is 0.452. The monoisotopic (exact) mass is 558 g/mol. The van der Waals surface area contributed by atoms with Crippen LogP contribution in [0, 0.1) is 5.82 Å². The highest BCUT2D eigenvalue weighted by molar-refractivity contribution is 5.99. The first-order valence-corrected chi connectivity index (χ1v) is 14.6. The lowest BCUT2D eigenvalue weighted by Gasteiger charge is -2.34. The molecular formula is C31H32F2N6O2. The second kappa shape index (κ2) is 9.46. The molecule has 6 heterocycles. The Kier molecular flexibility index (Phi) is 5.79. The molecular weight excluding hydrogens is 526 g/mol. The van der Waals surface area contributed by atoms with Gasteiger partial charge in [0.1, 0.15) is 35.6 Å². The maximum atomic E-state index is 16.5. The molecule has 212 valence electrons. The normalized spacial score (nSPS) is 27.7. The van der Waals surface area contributed by atoms with Gasteiger partial charge in [-0.2, -0.15) is 9.97 Å². The summed E-state index contributed by atoms with van der Waals surface area (Å²) in [5, 5.41) is 16.1. The van der Waals surface area contributed by atoms with Crippen molar-refractivity contribution >= 4 is 27.5 Å². The molecule has 2 aromatic heterocycles. The Bertz CT molecular complexity index is 1660. The number of ether oxygens (including phenoxy) is 1. The number of rotatable bonds is 5. The molecule has 41 heavy (non-hydrogen) atoms. The molecule has 0 amide bonds. The highest BCUT2D eigenvalue weighted by Gasteiger charge is 2.49. The Morgan fingerprint density at radius 2 is 1.90 bits per heavy atom. The third-order valence-electron chi connectivity index (χ3n) is 9.49.